The Labute approximate surface area is 147 Å². The molecule has 2 aromatic carbocycles. The second-order valence-electron chi connectivity index (χ2n) is 5.75. The number of amides is 2. The summed E-state index contributed by atoms with van der Waals surface area (Å²) in [7, 11) is 0. The number of halogens is 3. The van der Waals surface area contributed by atoms with Gasteiger partial charge in [-0.1, -0.05) is 36.4 Å². The zero-order valence-electron chi connectivity index (χ0n) is 13.4. The minimum absolute atomic E-state index is 0.263. The fourth-order valence-electron chi connectivity index (χ4n) is 2.74. The van der Waals surface area contributed by atoms with Crippen LogP contribution in [0.2, 0.25) is 0 Å². The van der Waals surface area contributed by atoms with Crippen molar-refractivity contribution in [1.29, 1.82) is 0 Å². The molecule has 7 heteroatoms. The van der Waals surface area contributed by atoms with Crippen LogP contribution >= 0.6 is 0 Å². The van der Waals surface area contributed by atoms with Crippen LogP contribution in [0.25, 0.3) is 6.08 Å². The van der Waals surface area contributed by atoms with Crippen molar-refractivity contribution in [2.45, 2.75) is 12.2 Å². The van der Waals surface area contributed by atoms with Crippen LogP contribution in [-0.2, 0) is 6.18 Å². The molecule has 1 heterocycles. The van der Waals surface area contributed by atoms with Crippen LogP contribution in [0.5, 0.6) is 0 Å². The molecule has 0 radical (unpaired) electrons. The first kappa shape index (κ1) is 17.9. The summed E-state index contributed by atoms with van der Waals surface area (Å²) in [6.07, 6.45) is -1.54. The molecule has 0 aliphatic carbocycles. The molecule has 1 aliphatic rings. The minimum atomic E-state index is -4.42. The van der Waals surface area contributed by atoms with Crippen LogP contribution in [0.4, 0.5) is 13.2 Å². The van der Waals surface area contributed by atoms with Crippen molar-refractivity contribution >= 4 is 17.9 Å². The topological polar surface area (TPSA) is 57.6 Å². The average molecular weight is 361 g/mol. The van der Waals surface area contributed by atoms with Gasteiger partial charge in [-0.05, 0) is 29.8 Å². The molecule has 0 saturated carbocycles. The molecule has 4 nitrogen and oxygen atoms in total. The molecule has 134 valence electrons. The number of imide groups is 1. The lowest BCUT2D eigenvalue weighted by atomic mass is 10.1. The highest BCUT2D eigenvalue weighted by atomic mass is 19.4. The highest BCUT2D eigenvalue weighted by molar-refractivity contribution is 6.21. The van der Waals surface area contributed by atoms with E-state index in [9.17, 15) is 27.9 Å². The van der Waals surface area contributed by atoms with Gasteiger partial charge in [0.1, 0.15) is 0 Å². The zero-order valence-corrected chi connectivity index (χ0v) is 13.4. The first-order chi connectivity index (χ1) is 12.3. The van der Waals surface area contributed by atoms with Gasteiger partial charge < -0.3 is 5.11 Å². The number of hydrogen-bond acceptors (Lipinski definition) is 3. The Balaban J connectivity index is 1.81. The fraction of sp³-hybridized carbons (Fsp3) is 0.158. The van der Waals surface area contributed by atoms with E-state index >= 15 is 0 Å². The SMILES string of the molecule is O=C1c2ccccc2C(=O)N1[C@H](/C=C/c1ccc(C(F)(F)F)cc1)CO. The van der Waals surface area contributed by atoms with E-state index in [2.05, 4.69) is 0 Å². The van der Waals surface area contributed by atoms with E-state index in [-0.39, 0.29) is 11.1 Å². The number of aliphatic hydroxyl groups is 1. The number of rotatable bonds is 4. The molecule has 2 aromatic rings. The lowest BCUT2D eigenvalue weighted by molar-refractivity contribution is -0.137. The van der Waals surface area contributed by atoms with E-state index in [1.165, 1.54) is 36.4 Å². The molecule has 1 atom stereocenters. The summed E-state index contributed by atoms with van der Waals surface area (Å²) in [6.45, 7) is -0.497. The molecular formula is C19H14F3NO3. The molecule has 1 aliphatic heterocycles. The monoisotopic (exact) mass is 361 g/mol. The summed E-state index contributed by atoms with van der Waals surface area (Å²) < 4.78 is 37.7. The third-order valence-electron chi connectivity index (χ3n) is 4.09. The molecule has 2 amide bonds. The van der Waals surface area contributed by atoms with Crippen LogP contribution in [0.1, 0.15) is 31.8 Å². The maximum absolute atomic E-state index is 12.6. The van der Waals surface area contributed by atoms with Gasteiger partial charge in [-0.2, -0.15) is 13.2 Å². The molecule has 0 unspecified atom stereocenters. The van der Waals surface area contributed by atoms with Gasteiger partial charge in [0.2, 0.25) is 0 Å². The first-order valence-corrected chi connectivity index (χ1v) is 7.76. The Morgan fingerprint density at radius 2 is 1.50 bits per heavy atom. The molecule has 0 aromatic heterocycles. The third kappa shape index (κ3) is 3.25. The van der Waals surface area contributed by atoms with E-state index < -0.39 is 36.2 Å². The van der Waals surface area contributed by atoms with Crippen LogP contribution in [-0.4, -0.2) is 34.5 Å². The third-order valence-corrected chi connectivity index (χ3v) is 4.09. The summed E-state index contributed by atoms with van der Waals surface area (Å²) in [5.74, 6) is -1.02. The Morgan fingerprint density at radius 1 is 0.962 bits per heavy atom. The van der Waals surface area contributed by atoms with Gasteiger partial charge in [0.15, 0.2) is 0 Å². The summed E-state index contributed by atoms with van der Waals surface area (Å²) >= 11 is 0. The number of alkyl halides is 3. The molecular weight excluding hydrogens is 347 g/mol. The molecule has 0 saturated heterocycles. The van der Waals surface area contributed by atoms with Crippen molar-refractivity contribution in [3.05, 3.63) is 76.9 Å². The van der Waals surface area contributed by atoms with Gasteiger partial charge >= 0.3 is 6.18 Å². The van der Waals surface area contributed by atoms with Crippen molar-refractivity contribution in [2.24, 2.45) is 0 Å². The van der Waals surface area contributed by atoms with E-state index in [4.69, 9.17) is 0 Å². The second-order valence-corrected chi connectivity index (χ2v) is 5.75. The summed E-state index contributed by atoms with van der Waals surface area (Å²) in [5, 5.41) is 9.58. The highest BCUT2D eigenvalue weighted by Gasteiger charge is 2.38. The molecule has 1 N–H and O–H groups in total. The van der Waals surface area contributed by atoms with Gasteiger partial charge in [0.05, 0.1) is 29.3 Å². The lowest BCUT2D eigenvalue weighted by Crippen LogP contribution is -2.40. The van der Waals surface area contributed by atoms with Gasteiger partial charge in [-0.15, -0.1) is 0 Å². The van der Waals surface area contributed by atoms with Gasteiger partial charge in [-0.3, -0.25) is 14.5 Å². The maximum atomic E-state index is 12.6. The molecule has 0 bridgehead atoms. The van der Waals surface area contributed by atoms with Crippen molar-refractivity contribution in [2.75, 3.05) is 6.61 Å². The fourth-order valence-corrected chi connectivity index (χ4v) is 2.74. The van der Waals surface area contributed by atoms with Crippen molar-refractivity contribution < 1.29 is 27.9 Å². The number of carbonyl (C=O) groups excluding carboxylic acids is 2. The summed E-state index contributed by atoms with van der Waals surface area (Å²) in [6, 6.07) is 9.86. The van der Waals surface area contributed by atoms with Crippen LogP contribution in [0, 0.1) is 0 Å². The van der Waals surface area contributed by atoms with Crippen LogP contribution in [0.15, 0.2) is 54.6 Å². The van der Waals surface area contributed by atoms with Gasteiger partial charge in [0, 0.05) is 0 Å². The van der Waals surface area contributed by atoms with Crippen LogP contribution < -0.4 is 0 Å². The molecule has 0 fully saturated rings. The smallest absolute Gasteiger partial charge is 0.394 e. The quantitative estimate of drug-likeness (QED) is 0.850. The number of benzene rings is 2. The molecule has 3 rings (SSSR count). The number of carbonyl (C=O) groups is 2. The van der Waals surface area contributed by atoms with Gasteiger partial charge in [0.25, 0.3) is 11.8 Å². The second kappa shape index (κ2) is 6.76. The van der Waals surface area contributed by atoms with E-state index in [1.807, 2.05) is 0 Å². The molecule has 0 spiro atoms. The number of nitrogens with zero attached hydrogens (tertiary/aromatic N) is 1. The minimum Gasteiger partial charge on any atom is -0.394 e. The Morgan fingerprint density at radius 3 is 1.96 bits per heavy atom. The Kier molecular flexibility index (Phi) is 4.65. The number of fused-ring (bicyclic) bond motifs is 1. The standard InChI is InChI=1S/C19H14F3NO3/c20-19(21,22)13-8-5-12(6-9-13)7-10-14(11-24)23-17(25)15-3-1-2-4-16(15)18(23)26/h1-10,14,24H,11H2/b10-7+/t14-/m1/s1. The number of hydrogen-bond donors (Lipinski definition) is 1. The summed E-state index contributed by atoms with van der Waals surface area (Å²) in [4.78, 5) is 25.8. The maximum Gasteiger partial charge on any atom is 0.416 e. The summed E-state index contributed by atoms with van der Waals surface area (Å²) in [5.41, 5.74) is 0.208. The van der Waals surface area contributed by atoms with E-state index in [0.29, 0.717) is 5.56 Å². The Hall–Kier alpha value is -2.93. The highest BCUT2D eigenvalue weighted by Crippen LogP contribution is 2.29. The van der Waals surface area contributed by atoms with E-state index in [0.717, 1.165) is 17.0 Å². The predicted octanol–water partition coefficient (Wildman–Crippen LogP) is 3.38. The van der Waals surface area contributed by atoms with Crippen molar-refractivity contribution in [3.8, 4) is 0 Å². The van der Waals surface area contributed by atoms with Crippen molar-refractivity contribution in [3.63, 3.8) is 0 Å². The first-order valence-electron chi connectivity index (χ1n) is 7.76. The normalized spacial score (nSPS) is 15.6. The van der Waals surface area contributed by atoms with Gasteiger partial charge in [-0.25, -0.2) is 0 Å². The Bertz CT molecular complexity index is 837. The van der Waals surface area contributed by atoms with E-state index in [1.54, 1.807) is 12.1 Å². The predicted molar refractivity (Wildman–Crippen MR) is 88.3 cm³/mol. The zero-order chi connectivity index (χ0) is 18.9. The molecule has 26 heavy (non-hydrogen) atoms. The van der Waals surface area contributed by atoms with Crippen LogP contribution in [0.3, 0.4) is 0 Å². The van der Waals surface area contributed by atoms with Crippen molar-refractivity contribution in [1.82, 2.24) is 4.90 Å². The number of aliphatic hydroxyl groups excluding tert-OH is 1. The lowest BCUT2D eigenvalue weighted by Gasteiger charge is -2.21. The average Bonchev–Trinajstić information content (AvgIpc) is 2.87. The largest absolute Gasteiger partial charge is 0.416 e.